The molecule has 4 heteroatoms. The van der Waals surface area contributed by atoms with E-state index in [0.29, 0.717) is 12.6 Å². The number of nitrogens with one attached hydrogen (secondary N) is 1. The van der Waals surface area contributed by atoms with Crippen molar-refractivity contribution in [1.29, 1.82) is 0 Å². The average molecular weight is 172 g/mol. The van der Waals surface area contributed by atoms with Gasteiger partial charge in [-0.1, -0.05) is 0 Å². The molecule has 0 bridgehead atoms. The van der Waals surface area contributed by atoms with Crippen LogP contribution in [0.4, 0.5) is 0 Å². The predicted molar refractivity (Wildman–Crippen MR) is 46.1 cm³/mol. The maximum Gasteiger partial charge on any atom is 0.322 e. The number of carboxylic acid groups (broad SMARTS) is 1. The minimum Gasteiger partial charge on any atom is -0.480 e. The van der Waals surface area contributed by atoms with E-state index in [0.717, 1.165) is 0 Å². The molecule has 0 aromatic heterocycles. The Morgan fingerprint density at radius 3 is 2.67 bits per heavy atom. The van der Waals surface area contributed by atoms with Crippen LogP contribution in [0.15, 0.2) is 0 Å². The van der Waals surface area contributed by atoms with Crippen LogP contribution in [0.3, 0.4) is 0 Å². The van der Waals surface area contributed by atoms with Crippen molar-refractivity contribution in [2.24, 2.45) is 0 Å². The molecule has 0 aromatic carbocycles. The Labute approximate surface area is 72.6 Å². The van der Waals surface area contributed by atoms with E-state index in [1.165, 1.54) is 12.8 Å². The lowest BCUT2D eigenvalue weighted by molar-refractivity contribution is -0.139. The first-order valence-electron chi connectivity index (χ1n) is 4.25. The molecule has 2 N–H and O–H groups in total. The minimum atomic E-state index is -0.773. The topological polar surface area (TPSA) is 52.6 Å². The van der Waals surface area contributed by atoms with Gasteiger partial charge in [-0.2, -0.15) is 0 Å². The number of likely N-dealkylation sites (N-methyl/N-ethyl adjacent to an activating group) is 2. The Hall–Kier alpha value is -0.610. The maximum absolute atomic E-state index is 10.6. The quantitative estimate of drug-likeness (QED) is 0.600. The van der Waals surface area contributed by atoms with Gasteiger partial charge in [-0.15, -0.1) is 0 Å². The Kier molecular flexibility index (Phi) is 3.05. The summed E-state index contributed by atoms with van der Waals surface area (Å²) in [5.74, 6) is -0.773. The van der Waals surface area contributed by atoms with Gasteiger partial charge in [0.2, 0.25) is 0 Å². The summed E-state index contributed by atoms with van der Waals surface area (Å²) >= 11 is 0. The summed E-state index contributed by atoms with van der Waals surface area (Å²) < 4.78 is 0. The predicted octanol–water partition coefficient (Wildman–Crippen LogP) is -0.247. The summed E-state index contributed by atoms with van der Waals surface area (Å²) in [4.78, 5) is 12.7. The van der Waals surface area contributed by atoms with Crippen molar-refractivity contribution < 1.29 is 9.90 Å². The van der Waals surface area contributed by atoms with Crippen molar-refractivity contribution in [3.05, 3.63) is 0 Å². The second-order valence-corrected chi connectivity index (χ2v) is 3.35. The molecule has 1 rings (SSSR count). The molecule has 0 saturated heterocycles. The number of carbonyl (C=O) groups is 1. The molecule has 1 aliphatic carbocycles. The van der Waals surface area contributed by atoms with E-state index in [2.05, 4.69) is 10.2 Å². The molecule has 1 fully saturated rings. The summed E-state index contributed by atoms with van der Waals surface area (Å²) in [6.45, 7) is 0.594. The number of rotatable bonds is 5. The van der Waals surface area contributed by atoms with Gasteiger partial charge >= 0.3 is 5.97 Å². The molecule has 12 heavy (non-hydrogen) atoms. The molecular weight excluding hydrogens is 156 g/mol. The minimum absolute atomic E-state index is 0.435. The first-order valence-corrected chi connectivity index (χ1v) is 4.25. The van der Waals surface area contributed by atoms with Gasteiger partial charge in [-0.05, 0) is 26.9 Å². The van der Waals surface area contributed by atoms with Crippen LogP contribution in [0.5, 0.6) is 0 Å². The van der Waals surface area contributed by atoms with Crippen molar-refractivity contribution in [2.75, 3.05) is 20.6 Å². The summed E-state index contributed by atoms with van der Waals surface area (Å²) in [5, 5.41) is 11.5. The SMILES string of the molecule is CNC(CN(C)C1CC1)C(=O)O. The van der Waals surface area contributed by atoms with Gasteiger partial charge in [-0.25, -0.2) is 0 Å². The molecule has 0 spiro atoms. The van der Waals surface area contributed by atoms with E-state index in [-0.39, 0.29) is 0 Å². The fraction of sp³-hybridized carbons (Fsp3) is 0.875. The molecule has 0 aliphatic heterocycles. The first kappa shape index (κ1) is 9.48. The van der Waals surface area contributed by atoms with Gasteiger partial charge in [0, 0.05) is 12.6 Å². The average Bonchev–Trinajstić information content (AvgIpc) is 2.80. The van der Waals surface area contributed by atoms with Crippen LogP contribution < -0.4 is 5.32 Å². The molecule has 1 atom stereocenters. The molecule has 0 heterocycles. The number of hydrogen-bond acceptors (Lipinski definition) is 3. The highest BCUT2D eigenvalue weighted by Crippen LogP contribution is 2.25. The van der Waals surface area contributed by atoms with E-state index in [9.17, 15) is 4.79 Å². The molecule has 70 valence electrons. The van der Waals surface area contributed by atoms with Crippen LogP contribution in [-0.4, -0.2) is 48.7 Å². The van der Waals surface area contributed by atoms with Crippen LogP contribution in [0, 0.1) is 0 Å². The zero-order valence-corrected chi connectivity index (χ0v) is 7.58. The lowest BCUT2D eigenvalue weighted by Gasteiger charge is -2.20. The highest BCUT2D eigenvalue weighted by Gasteiger charge is 2.29. The lowest BCUT2D eigenvalue weighted by atomic mass is 10.3. The number of carboxylic acids is 1. The van der Waals surface area contributed by atoms with E-state index < -0.39 is 12.0 Å². The Morgan fingerprint density at radius 2 is 2.33 bits per heavy atom. The van der Waals surface area contributed by atoms with Gasteiger partial charge in [-0.3, -0.25) is 4.79 Å². The number of nitrogens with zero attached hydrogens (tertiary/aromatic N) is 1. The van der Waals surface area contributed by atoms with Crippen molar-refractivity contribution in [3.8, 4) is 0 Å². The largest absolute Gasteiger partial charge is 0.480 e. The first-order chi connectivity index (χ1) is 5.65. The molecule has 1 unspecified atom stereocenters. The van der Waals surface area contributed by atoms with E-state index in [4.69, 9.17) is 5.11 Å². The van der Waals surface area contributed by atoms with Crippen molar-refractivity contribution in [2.45, 2.75) is 24.9 Å². The molecule has 0 radical (unpaired) electrons. The van der Waals surface area contributed by atoms with Crippen LogP contribution in [-0.2, 0) is 4.79 Å². The van der Waals surface area contributed by atoms with E-state index in [1.54, 1.807) is 7.05 Å². The third-order valence-corrected chi connectivity index (χ3v) is 2.29. The standard InChI is InChI=1S/C8H16N2O2/c1-9-7(8(11)12)5-10(2)6-3-4-6/h6-7,9H,3-5H2,1-2H3,(H,11,12). The van der Waals surface area contributed by atoms with Gasteiger partial charge in [0.05, 0.1) is 0 Å². The van der Waals surface area contributed by atoms with Gasteiger partial charge in [0.1, 0.15) is 6.04 Å². The highest BCUT2D eigenvalue weighted by molar-refractivity contribution is 5.73. The van der Waals surface area contributed by atoms with E-state index in [1.807, 2.05) is 7.05 Å². The van der Waals surface area contributed by atoms with Gasteiger partial charge < -0.3 is 15.3 Å². The summed E-state index contributed by atoms with van der Waals surface area (Å²) in [6.07, 6.45) is 2.43. The Morgan fingerprint density at radius 1 is 1.75 bits per heavy atom. The third-order valence-electron chi connectivity index (χ3n) is 2.29. The Balaban J connectivity index is 2.30. The second-order valence-electron chi connectivity index (χ2n) is 3.35. The van der Waals surface area contributed by atoms with Gasteiger partial charge in [0.25, 0.3) is 0 Å². The van der Waals surface area contributed by atoms with Crippen molar-refractivity contribution in [3.63, 3.8) is 0 Å². The lowest BCUT2D eigenvalue weighted by Crippen LogP contribution is -2.43. The molecular formula is C8H16N2O2. The van der Waals surface area contributed by atoms with Crippen molar-refractivity contribution in [1.82, 2.24) is 10.2 Å². The normalized spacial score (nSPS) is 19.6. The van der Waals surface area contributed by atoms with E-state index >= 15 is 0 Å². The van der Waals surface area contributed by atoms with Gasteiger partial charge in [0.15, 0.2) is 0 Å². The smallest absolute Gasteiger partial charge is 0.322 e. The van der Waals surface area contributed by atoms with Crippen LogP contribution in [0.2, 0.25) is 0 Å². The zero-order valence-electron chi connectivity index (χ0n) is 7.58. The fourth-order valence-corrected chi connectivity index (χ4v) is 1.25. The van der Waals surface area contributed by atoms with Crippen LogP contribution in [0.25, 0.3) is 0 Å². The number of hydrogen-bond donors (Lipinski definition) is 2. The molecule has 1 saturated carbocycles. The van der Waals surface area contributed by atoms with Crippen molar-refractivity contribution >= 4 is 5.97 Å². The summed E-state index contributed by atoms with van der Waals surface area (Å²) in [5.41, 5.74) is 0. The molecule has 0 amide bonds. The third kappa shape index (κ3) is 2.46. The summed E-state index contributed by atoms with van der Waals surface area (Å²) in [6, 6.07) is 0.191. The molecule has 1 aliphatic rings. The Bertz CT molecular complexity index is 168. The monoisotopic (exact) mass is 172 g/mol. The maximum atomic E-state index is 10.6. The van der Waals surface area contributed by atoms with Crippen LogP contribution >= 0.6 is 0 Å². The fourth-order valence-electron chi connectivity index (χ4n) is 1.25. The highest BCUT2D eigenvalue weighted by atomic mass is 16.4. The zero-order chi connectivity index (χ0) is 9.14. The van der Waals surface area contributed by atoms with Crippen LogP contribution in [0.1, 0.15) is 12.8 Å². The molecule has 0 aromatic rings. The summed E-state index contributed by atoms with van der Waals surface area (Å²) in [7, 11) is 3.66. The second kappa shape index (κ2) is 3.87. The number of aliphatic carboxylic acids is 1. The molecule has 4 nitrogen and oxygen atoms in total.